The van der Waals surface area contributed by atoms with Crippen molar-refractivity contribution < 1.29 is 41.3 Å². The van der Waals surface area contributed by atoms with Gasteiger partial charge in [-0.2, -0.15) is 0 Å². The Kier molecular flexibility index (Phi) is 19.4. The minimum absolute atomic E-state index is 0.0333. The number of amides is 3. The first-order valence-electron chi connectivity index (χ1n) is 18.4. The number of carbonyl (C=O) groups is 5. The average molecular weight is 757 g/mol. The number of carbonyl (C=O) groups excluding carboxylic acids is 5. The normalized spacial score (nSPS) is 15.8. The van der Waals surface area contributed by atoms with Crippen LogP contribution in [0.15, 0.2) is 42.5 Å². The molecule has 2 aromatic rings. The molecule has 1 heterocycles. The van der Waals surface area contributed by atoms with Crippen molar-refractivity contribution in [3.63, 3.8) is 0 Å². The van der Waals surface area contributed by atoms with Gasteiger partial charge in [-0.15, -0.1) is 24.4 Å². The monoisotopic (exact) mass is 756 g/mol. The summed E-state index contributed by atoms with van der Waals surface area (Å²) in [6, 6.07) is 13.8. The number of nitrogens with zero attached hydrogens (tertiary/aromatic N) is 1. The third kappa shape index (κ3) is 14.7. The molecule has 2 unspecified atom stereocenters. The van der Waals surface area contributed by atoms with Crippen LogP contribution in [-0.4, -0.2) is 71.7 Å². The zero-order valence-electron chi connectivity index (χ0n) is 30.1. The summed E-state index contributed by atoms with van der Waals surface area (Å²) in [5.74, 6) is -0.231. The van der Waals surface area contributed by atoms with Gasteiger partial charge in [0.1, 0.15) is 12.9 Å². The summed E-state index contributed by atoms with van der Waals surface area (Å²) >= 11 is 1.57. The lowest BCUT2D eigenvalue weighted by atomic mass is 9.97. The minimum atomic E-state index is -3.11. The van der Waals surface area contributed by atoms with Gasteiger partial charge in [0.15, 0.2) is 0 Å². The molecule has 1 fully saturated rings. The molecule has 284 valence electrons. The minimum Gasteiger partial charge on any atom is -0.465 e. The van der Waals surface area contributed by atoms with Gasteiger partial charge in [-0.3, -0.25) is 24.1 Å². The lowest BCUT2D eigenvalue weighted by molar-refractivity contribution is -0.141. The number of benzene rings is 2. The maximum Gasteiger partial charge on any atom is 0.425 e. The first kappa shape index (κ1) is 42.6. The van der Waals surface area contributed by atoms with Gasteiger partial charge in [-0.25, -0.2) is 0 Å². The number of anilines is 1. The number of hydrogen-bond donors (Lipinski definition) is 1. The van der Waals surface area contributed by atoms with Crippen LogP contribution in [0.5, 0.6) is 0 Å². The molecule has 2 atom stereocenters. The van der Waals surface area contributed by atoms with E-state index in [1.54, 1.807) is 11.8 Å². The van der Waals surface area contributed by atoms with E-state index in [0.717, 1.165) is 53.6 Å². The highest BCUT2D eigenvalue weighted by molar-refractivity contribution is 8.00. The Labute approximate surface area is 313 Å². The number of aldehydes is 1. The number of ether oxygens (including phenoxy) is 1. The summed E-state index contributed by atoms with van der Waals surface area (Å²) in [7, 11) is -3.11. The van der Waals surface area contributed by atoms with Crippen LogP contribution in [0, 0.1) is 0 Å². The van der Waals surface area contributed by atoms with Crippen LogP contribution in [0.25, 0.3) is 11.1 Å². The van der Waals surface area contributed by atoms with E-state index in [1.807, 2.05) is 42.5 Å². The molecule has 1 N–H and O–H groups in total. The highest BCUT2D eigenvalue weighted by Crippen LogP contribution is 2.45. The summed E-state index contributed by atoms with van der Waals surface area (Å²) in [6.45, 7) is 1.70. The van der Waals surface area contributed by atoms with Crippen molar-refractivity contribution in [1.82, 2.24) is 4.90 Å². The third-order valence-corrected chi connectivity index (χ3v) is 10.6. The first-order valence-corrected chi connectivity index (χ1v) is 20.5. The van der Waals surface area contributed by atoms with Gasteiger partial charge in [0, 0.05) is 44.3 Å². The van der Waals surface area contributed by atoms with Crippen LogP contribution in [0.2, 0.25) is 0 Å². The van der Waals surface area contributed by atoms with Crippen molar-refractivity contribution >= 4 is 58.0 Å². The van der Waals surface area contributed by atoms with Crippen molar-refractivity contribution in [2.45, 2.75) is 121 Å². The van der Waals surface area contributed by atoms with Gasteiger partial charge in [0.05, 0.1) is 5.25 Å². The molecule has 0 bridgehead atoms. The molecule has 11 nitrogen and oxygen atoms in total. The Morgan fingerprint density at radius 2 is 1.42 bits per heavy atom. The van der Waals surface area contributed by atoms with Crippen molar-refractivity contribution in [2.24, 2.45) is 0 Å². The van der Waals surface area contributed by atoms with Crippen molar-refractivity contribution in [1.29, 1.82) is 0 Å². The van der Waals surface area contributed by atoms with Crippen LogP contribution >= 0.6 is 11.8 Å². The molecular formula is C39H52N2O9S2. The highest BCUT2D eigenvalue weighted by atomic mass is 32.2. The van der Waals surface area contributed by atoms with Crippen molar-refractivity contribution in [3.05, 3.63) is 53.6 Å². The van der Waals surface area contributed by atoms with Crippen molar-refractivity contribution in [3.8, 4) is 11.1 Å². The maximum absolute atomic E-state index is 13.0. The number of nitrogens with one attached hydrogen (secondary N) is 1. The Bertz CT molecular complexity index is 1610. The molecule has 0 radical (unpaired) electrons. The summed E-state index contributed by atoms with van der Waals surface area (Å²) in [5, 5.41) is 2.57. The van der Waals surface area contributed by atoms with Gasteiger partial charge in [-0.1, -0.05) is 101 Å². The van der Waals surface area contributed by atoms with E-state index in [4.69, 9.17) is 17.4 Å². The molecule has 1 saturated heterocycles. The Balaban J connectivity index is 0.00000173. The van der Waals surface area contributed by atoms with Gasteiger partial charge in [0.25, 0.3) is 0 Å². The van der Waals surface area contributed by atoms with E-state index in [1.165, 1.54) is 76.0 Å². The van der Waals surface area contributed by atoms with Crippen LogP contribution < -0.4 is 5.32 Å². The van der Waals surface area contributed by atoms with Crippen molar-refractivity contribution in [2.75, 3.05) is 24.2 Å². The van der Waals surface area contributed by atoms with Gasteiger partial charge in [0.2, 0.25) is 17.7 Å². The predicted octanol–water partition coefficient (Wildman–Crippen LogP) is 7.21. The topological polar surface area (TPSA) is 161 Å². The molecule has 0 spiro atoms. The average Bonchev–Trinajstić information content (AvgIpc) is 3.56. The smallest absolute Gasteiger partial charge is 0.425 e. The quantitative estimate of drug-likeness (QED) is 0.0531. The third-order valence-electron chi connectivity index (χ3n) is 9.34. The van der Waals surface area contributed by atoms with Crippen LogP contribution in [0.3, 0.4) is 0 Å². The van der Waals surface area contributed by atoms with E-state index in [-0.39, 0.29) is 60.9 Å². The molecule has 52 heavy (non-hydrogen) atoms. The van der Waals surface area contributed by atoms with Gasteiger partial charge >= 0.3 is 16.6 Å². The second-order valence-electron chi connectivity index (χ2n) is 13.2. The van der Waals surface area contributed by atoms with Crippen LogP contribution in [0.1, 0.15) is 127 Å². The second kappa shape index (κ2) is 23.7. The molecule has 13 heteroatoms. The summed E-state index contributed by atoms with van der Waals surface area (Å²) in [4.78, 5) is 61.6. The largest absolute Gasteiger partial charge is 0.465 e. The Hall–Kier alpha value is -3.84. The SMILES string of the molecule is CC(=O)OCC1c2ccccc2-c2ccc(NC(=O)CCN3C(=O)CC(SCCCCCCCCCCCCCCCC=O)C3=O)cc21.O=S(=O)=O. The molecule has 2 aromatic carbocycles. The number of likely N-dealkylation sites (tertiary alicyclic amines) is 1. The fourth-order valence-electron chi connectivity index (χ4n) is 6.72. The second-order valence-corrected chi connectivity index (χ2v) is 15.0. The molecule has 1 aliphatic carbocycles. The zero-order valence-corrected chi connectivity index (χ0v) is 31.8. The fraction of sp³-hybridized carbons (Fsp3) is 0.564. The number of esters is 1. The zero-order chi connectivity index (χ0) is 37.7. The summed E-state index contributed by atoms with van der Waals surface area (Å²) in [6.07, 6.45) is 17.9. The highest BCUT2D eigenvalue weighted by Gasteiger charge is 2.38. The number of imide groups is 1. The number of unbranched alkanes of at least 4 members (excludes halogenated alkanes) is 13. The van der Waals surface area contributed by atoms with Gasteiger partial charge in [-0.05, 0) is 53.0 Å². The van der Waals surface area contributed by atoms with Crippen LogP contribution in [-0.2, 0) is 39.3 Å². The lowest BCUT2D eigenvalue weighted by Gasteiger charge is -2.16. The van der Waals surface area contributed by atoms with E-state index >= 15 is 0 Å². The van der Waals surface area contributed by atoms with E-state index in [2.05, 4.69) is 5.32 Å². The molecule has 3 amide bonds. The van der Waals surface area contributed by atoms with E-state index in [9.17, 15) is 24.0 Å². The molecule has 1 aliphatic heterocycles. The lowest BCUT2D eigenvalue weighted by Crippen LogP contribution is -2.34. The summed E-state index contributed by atoms with van der Waals surface area (Å²) < 4.78 is 30.7. The predicted molar refractivity (Wildman–Crippen MR) is 202 cm³/mol. The number of hydrogen-bond acceptors (Lipinski definition) is 10. The number of fused-ring (bicyclic) bond motifs is 3. The first-order chi connectivity index (χ1) is 25.1. The molecule has 0 saturated carbocycles. The molecule has 0 aromatic heterocycles. The summed E-state index contributed by atoms with van der Waals surface area (Å²) in [5.41, 5.74) is 4.84. The van der Waals surface area contributed by atoms with E-state index < -0.39 is 10.6 Å². The van der Waals surface area contributed by atoms with Gasteiger partial charge < -0.3 is 14.8 Å². The standard InChI is InChI=1S/C39H52N2O6S.O3S/c1-29(43)47-28-35-32-19-15-14-18-31(32)33-21-20-30(26-34(33)35)40-37(44)22-23-41-38(45)27-36(39(41)46)48-25-17-13-11-9-7-5-3-2-4-6-8-10-12-16-24-42;1-4(2)3/h14-15,18-21,24,26,35-36H,2-13,16-17,22-23,25,27-28H2,1H3,(H,40,44);. The maximum atomic E-state index is 13.0. The fourth-order valence-corrected chi connectivity index (χ4v) is 7.91. The van der Waals surface area contributed by atoms with E-state index in [0.29, 0.717) is 12.1 Å². The van der Waals surface area contributed by atoms with Crippen LogP contribution in [0.4, 0.5) is 5.69 Å². The number of rotatable bonds is 23. The molecular weight excluding hydrogens is 705 g/mol. The Morgan fingerprint density at radius 1 is 0.846 bits per heavy atom. The molecule has 4 rings (SSSR count). The Morgan fingerprint density at radius 3 is 2.04 bits per heavy atom. The molecule has 2 aliphatic rings. The number of thioether (sulfide) groups is 1.